The van der Waals surface area contributed by atoms with Crippen molar-refractivity contribution in [3.05, 3.63) is 30.0 Å². The van der Waals surface area contributed by atoms with Crippen LogP contribution < -0.4 is 0 Å². The molecule has 0 saturated carbocycles. The van der Waals surface area contributed by atoms with Gasteiger partial charge in [0, 0.05) is 0 Å². The maximum absolute atomic E-state index is 10.1. The first-order chi connectivity index (χ1) is 4.31. The molecule has 0 aliphatic carbocycles. The molecule has 0 amide bonds. The summed E-state index contributed by atoms with van der Waals surface area (Å²) in [5.74, 6) is 0. The average Bonchev–Trinajstić information content (AvgIpc) is 1.89. The number of nitrogens with zero attached hydrogens (tertiary/aromatic N) is 2. The van der Waals surface area contributed by atoms with E-state index in [-0.39, 0.29) is 11.4 Å². The van der Waals surface area contributed by atoms with Crippen molar-refractivity contribution in [3.63, 3.8) is 0 Å². The van der Waals surface area contributed by atoms with Gasteiger partial charge in [0.2, 0.25) is 6.54 Å². The largest absolute Gasteiger partial charge is 0.597 e. The summed E-state index contributed by atoms with van der Waals surface area (Å²) in [6, 6.07) is 0. The van der Waals surface area contributed by atoms with Gasteiger partial charge in [-0.2, -0.15) is 0 Å². The predicted octanol–water partition coefficient (Wildman–Crippen LogP) is 1.08. The Morgan fingerprint density at radius 1 is 1.78 bits per heavy atom. The second kappa shape index (κ2) is 4.83. The lowest BCUT2D eigenvalue weighted by Crippen LogP contribution is -1.97. The zero-order chi connectivity index (χ0) is 7.11. The van der Waals surface area contributed by atoms with Crippen LogP contribution in [-0.2, 0) is 0 Å². The Bertz CT molecular complexity index is 140. The van der Waals surface area contributed by atoms with Crippen LogP contribution in [0, 0.1) is 5.21 Å². The molecular weight excluding hydrogens is 120 g/mol. The average molecular weight is 128 g/mol. The summed E-state index contributed by atoms with van der Waals surface area (Å²) in [5.41, 5.74) is 0. The molecule has 0 spiro atoms. The molecule has 0 heterocycles. The van der Waals surface area contributed by atoms with Gasteiger partial charge in [0.1, 0.15) is 0 Å². The Balaban J connectivity index is 3.50. The fourth-order valence-corrected chi connectivity index (χ4v) is 0.284. The van der Waals surface area contributed by atoms with E-state index in [0.717, 1.165) is 0 Å². The third kappa shape index (κ3) is 4.53. The number of hydrogen-bond acceptors (Lipinski definition) is 2. The molecule has 0 saturated heterocycles. The highest BCUT2D eigenvalue weighted by atomic mass is 16.6. The zero-order valence-electron chi connectivity index (χ0n) is 4.90. The van der Waals surface area contributed by atoms with Crippen LogP contribution >= 0.6 is 0 Å². The van der Waals surface area contributed by atoms with Crippen molar-refractivity contribution in [2.24, 2.45) is 5.28 Å². The number of hydroxylamine groups is 1. The second-order valence-electron chi connectivity index (χ2n) is 1.29. The Hall–Kier alpha value is -1.32. The minimum absolute atomic E-state index is 0.0442. The highest BCUT2D eigenvalue weighted by Gasteiger charge is 1.84. The van der Waals surface area contributed by atoms with Gasteiger partial charge in [0.25, 0.3) is 0 Å². The maximum Gasteiger partial charge on any atom is 0.202 e. The molecule has 0 aliphatic rings. The fourth-order valence-electron chi connectivity index (χ4n) is 0.284. The summed E-state index contributed by atoms with van der Waals surface area (Å²) in [6.45, 7) is 3.43. The van der Waals surface area contributed by atoms with Gasteiger partial charge < -0.3 is 10.4 Å². The minimum Gasteiger partial charge on any atom is -0.597 e. The van der Waals surface area contributed by atoms with Crippen LogP contribution in [-0.4, -0.2) is 16.6 Å². The third-order valence-electron chi connectivity index (χ3n) is 0.634. The first-order valence-corrected chi connectivity index (χ1v) is 2.38. The summed E-state index contributed by atoms with van der Waals surface area (Å²) in [7, 11) is 0. The monoisotopic (exact) mass is 128 g/mol. The maximum atomic E-state index is 10.1. The van der Waals surface area contributed by atoms with Gasteiger partial charge in [0.05, 0.1) is 0 Å². The summed E-state index contributed by atoms with van der Waals surface area (Å²) in [5, 5.41) is 20.3. The summed E-state index contributed by atoms with van der Waals surface area (Å²) in [4.78, 5) is 0.153. The zero-order valence-corrected chi connectivity index (χ0v) is 4.90. The third-order valence-corrected chi connectivity index (χ3v) is 0.634. The Labute approximate surface area is 53.0 Å². The molecular formula is C5H8N2O2. The van der Waals surface area contributed by atoms with Gasteiger partial charge in [-0.15, -0.1) is 0 Å². The normalized spacial score (nSPS) is 12.2. The van der Waals surface area contributed by atoms with Gasteiger partial charge in [-0.3, -0.25) is 0 Å². The van der Waals surface area contributed by atoms with Crippen molar-refractivity contribution in [1.82, 2.24) is 0 Å². The van der Waals surface area contributed by atoms with Crippen molar-refractivity contribution >= 4 is 0 Å². The van der Waals surface area contributed by atoms with Gasteiger partial charge in [-0.1, -0.05) is 23.6 Å². The van der Waals surface area contributed by atoms with E-state index >= 15 is 0 Å². The van der Waals surface area contributed by atoms with Gasteiger partial charge in [-0.25, -0.2) is 0 Å². The molecule has 1 N–H and O–H groups in total. The standard InChI is InChI=1S/C5H8N2O2/c1-2-3-4-5-7(9)6-8/h2-4,8H,1,5H2/b4-3-,7-6?. The molecule has 50 valence electrons. The number of allylic oxidation sites excluding steroid dienone is 2. The molecule has 0 fully saturated rings. The van der Waals surface area contributed by atoms with Crippen molar-refractivity contribution in [2.45, 2.75) is 0 Å². The topological polar surface area (TPSA) is 58.7 Å². The number of hydrogen-bond donors (Lipinski definition) is 1. The van der Waals surface area contributed by atoms with Crippen LogP contribution in [0.1, 0.15) is 0 Å². The smallest absolute Gasteiger partial charge is 0.202 e. The molecule has 0 unspecified atom stereocenters. The minimum atomic E-state index is 0.0442. The molecule has 0 aliphatic heterocycles. The van der Waals surface area contributed by atoms with E-state index in [1.54, 1.807) is 6.08 Å². The molecule has 0 aromatic rings. The molecule has 4 nitrogen and oxygen atoms in total. The van der Waals surface area contributed by atoms with Gasteiger partial charge in [-0.05, 0) is 6.08 Å². The SMILES string of the molecule is C=C/C=C\C[N+]([O-])=NO. The molecule has 0 aromatic heterocycles. The van der Waals surface area contributed by atoms with Crippen molar-refractivity contribution in [1.29, 1.82) is 0 Å². The van der Waals surface area contributed by atoms with E-state index in [4.69, 9.17) is 5.21 Å². The first-order valence-electron chi connectivity index (χ1n) is 2.38. The molecule has 4 heteroatoms. The number of rotatable bonds is 3. The quantitative estimate of drug-likeness (QED) is 0.267. The highest BCUT2D eigenvalue weighted by molar-refractivity contribution is 4.96. The molecule has 0 bridgehead atoms. The second-order valence-corrected chi connectivity index (χ2v) is 1.29. The van der Waals surface area contributed by atoms with E-state index in [1.165, 1.54) is 12.2 Å². The van der Waals surface area contributed by atoms with Crippen molar-refractivity contribution in [2.75, 3.05) is 6.54 Å². The van der Waals surface area contributed by atoms with Gasteiger partial charge >= 0.3 is 0 Å². The van der Waals surface area contributed by atoms with E-state index in [0.29, 0.717) is 0 Å². The molecule has 0 atom stereocenters. The van der Waals surface area contributed by atoms with Crippen LogP contribution in [0.5, 0.6) is 0 Å². The van der Waals surface area contributed by atoms with Crippen LogP contribution in [0.25, 0.3) is 0 Å². The molecule has 0 radical (unpaired) electrons. The van der Waals surface area contributed by atoms with E-state index < -0.39 is 0 Å². The fraction of sp³-hybridized carbons (Fsp3) is 0.200. The predicted molar refractivity (Wildman–Crippen MR) is 32.0 cm³/mol. The highest BCUT2D eigenvalue weighted by Crippen LogP contribution is 1.76. The lowest BCUT2D eigenvalue weighted by atomic mass is 10.5. The molecule has 0 rings (SSSR count). The van der Waals surface area contributed by atoms with E-state index in [1.807, 2.05) is 0 Å². The Morgan fingerprint density at radius 2 is 2.44 bits per heavy atom. The summed E-state index contributed by atoms with van der Waals surface area (Å²) in [6.07, 6.45) is 4.65. The van der Waals surface area contributed by atoms with Crippen molar-refractivity contribution in [3.8, 4) is 0 Å². The summed E-state index contributed by atoms with van der Waals surface area (Å²) < 4.78 is 0. The van der Waals surface area contributed by atoms with E-state index in [2.05, 4.69) is 11.9 Å². The molecule has 9 heavy (non-hydrogen) atoms. The Kier molecular flexibility index (Phi) is 4.12. The van der Waals surface area contributed by atoms with Crippen molar-refractivity contribution < 1.29 is 10.1 Å². The molecule has 0 aromatic carbocycles. The Morgan fingerprint density at radius 3 is 2.89 bits per heavy atom. The lowest BCUT2D eigenvalue weighted by Gasteiger charge is -1.89. The lowest BCUT2D eigenvalue weighted by molar-refractivity contribution is -0.546. The van der Waals surface area contributed by atoms with E-state index in [9.17, 15) is 5.21 Å². The summed E-state index contributed by atoms with van der Waals surface area (Å²) >= 11 is 0. The van der Waals surface area contributed by atoms with Crippen LogP contribution in [0.4, 0.5) is 0 Å². The van der Waals surface area contributed by atoms with Gasteiger partial charge in [0.15, 0.2) is 5.28 Å². The van der Waals surface area contributed by atoms with Crippen LogP contribution in [0.2, 0.25) is 0 Å². The van der Waals surface area contributed by atoms with Crippen LogP contribution in [0.3, 0.4) is 0 Å². The van der Waals surface area contributed by atoms with Crippen LogP contribution in [0.15, 0.2) is 30.1 Å². The first kappa shape index (κ1) is 7.68.